The quantitative estimate of drug-likeness (QED) is 0.435. The van der Waals surface area contributed by atoms with Gasteiger partial charge in [0.2, 0.25) is 6.79 Å². The lowest BCUT2D eigenvalue weighted by Crippen LogP contribution is -2.44. The summed E-state index contributed by atoms with van der Waals surface area (Å²) in [5, 5.41) is 4.34. The first kappa shape index (κ1) is 29.4. The molecule has 230 valence electrons. The Morgan fingerprint density at radius 3 is 2.74 bits per heavy atom. The number of rotatable bonds is 5. The van der Waals surface area contributed by atoms with Gasteiger partial charge < -0.3 is 34.1 Å². The summed E-state index contributed by atoms with van der Waals surface area (Å²) >= 11 is 0. The number of likely N-dealkylation sites (N-methyl/N-ethyl adjacent to an activating group) is 2. The molecule has 11 nitrogen and oxygen atoms in total. The van der Waals surface area contributed by atoms with E-state index in [1.165, 1.54) is 0 Å². The Hall–Kier alpha value is -3.67. The van der Waals surface area contributed by atoms with Crippen molar-refractivity contribution in [3.8, 4) is 23.0 Å². The molecule has 2 aromatic carbocycles. The molecule has 0 aliphatic carbocycles. The monoisotopic (exact) mass is 590 g/mol. The zero-order valence-corrected chi connectivity index (χ0v) is 25.4. The molecule has 3 aromatic rings. The summed E-state index contributed by atoms with van der Waals surface area (Å²) in [4.78, 5) is 29.1. The van der Waals surface area contributed by atoms with Crippen molar-refractivity contribution >= 4 is 28.2 Å². The second-order valence-corrected chi connectivity index (χ2v) is 11.7. The van der Waals surface area contributed by atoms with Crippen LogP contribution in [-0.2, 0) is 11.3 Å². The maximum absolute atomic E-state index is 13.0. The Kier molecular flexibility index (Phi) is 9.11. The number of benzene rings is 2. The summed E-state index contributed by atoms with van der Waals surface area (Å²) in [6, 6.07) is 7.60. The van der Waals surface area contributed by atoms with Crippen molar-refractivity contribution in [1.82, 2.24) is 24.7 Å². The molecule has 3 aliphatic rings. The van der Waals surface area contributed by atoms with Gasteiger partial charge in [0.15, 0.2) is 23.0 Å². The predicted molar refractivity (Wildman–Crippen MR) is 165 cm³/mol. The van der Waals surface area contributed by atoms with Crippen LogP contribution in [-0.4, -0.2) is 103 Å². The fraction of sp³-hybridized carbons (Fsp3) is 0.531. The standard InChI is InChI=1S/C32H42N6O5/c1-22-26(39)7-4-5-15-40-28-17-24-25(18-29(28)41-16-6-10-38-13-11-36(2)12-14-38)33-20-34-32(24)35-30-23(19-37(22)3)8-9-27-31(30)43-21-42-27/h8-9,17-18,20,22H,4-7,10-16,19,21H2,1-3H3,(H,33,34,35)/t22-/m0/s1. The largest absolute Gasteiger partial charge is 0.490 e. The number of nitrogens with one attached hydrogen (secondary N) is 1. The number of ketones is 1. The summed E-state index contributed by atoms with van der Waals surface area (Å²) in [5.41, 5.74) is 2.49. The van der Waals surface area contributed by atoms with Crippen LogP contribution in [0.5, 0.6) is 23.0 Å². The van der Waals surface area contributed by atoms with Crippen molar-refractivity contribution in [1.29, 1.82) is 0 Å². The highest BCUT2D eigenvalue weighted by Crippen LogP contribution is 2.44. The van der Waals surface area contributed by atoms with Crippen LogP contribution >= 0.6 is 0 Å². The lowest BCUT2D eigenvalue weighted by atomic mass is 10.0. The molecule has 6 rings (SSSR count). The molecule has 11 heteroatoms. The summed E-state index contributed by atoms with van der Waals surface area (Å²) < 4.78 is 24.2. The maximum atomic E-state index is 13.0. The minimum Gasteiger partial charge on any atom is -0.490 e. The van der Waals surface area contributed by atoms with E-state index >= 15 is 0 Å². The number of aromatic nitrogens is 2. The third kappa shape index (κ3) is 6.79. The molecule has 2 bridgehead atoms. The zero-order valence-electron chi connectivity index (χ0n) is 25.4. The van der Waals surface area contributed by atoms with Crippen molar-refractivity contribution in [2.24, 2.45) is 0 Å². The molecule has 0 radical (unpaired) electrons. The Balaban J connectivity index is 1.30. The number of ether oxygens (including phenoxy) is 4. The highest BCUT2D eigenvalue weighted by Gasteiger charge is 2.25. The SMILES string of the molecule is C[C@H]1C(=O)CCCCOc2cc3c(ncnc3cc2OCCCN2CCN(C)CC2)Nc2c(ccc3c2OCO3)CN1C. The van der Waals surface area contributed by atoms with Gasteiger partial charge in [-0.1, -0.05) is 6.07 Å². The molecular weight excluding hydrogens is 548 g/mol. The van der Waals surface area contributed by atoms with Gasteiger partial charge in [0, 0.05) is 57.1 Å². The molecule has 0 spiro atoms. The predicted octanol–water partition coefficient (Wildman–Crippen LogP) is 4.07. The van der Waals surface area contributed by atoms with E-state index < -0.39 is 0 Å². The minimum atomic E-state index is -0.226. The van der Waals surface area contributed by atoms with Gasteiger partial charge in [-0.3, -0.25) is 9.69 Å². The van der Waals surface area contributed by atoms with Crippen molar-refractivity contribution in [3.05, 3.63) is 36.2 Å². The average molecular weight is 591 g/mol. The molecule has 1 fully saturated rings. The number of carbonyl (C=O) groups excluding carboxylic acids is 1. The molecule has 4 heterocycles. The van der Waals surface area contributed by atoms with Gasteiger partial charge >= 0.3 is 0 Å². The third-order valence-electron chi connectivity index (χ3n) is 8.66. The fourth-order valence-electron chi connectivity index (χ4n) is 5.78. The van der Waals surface area contributed by atoms with E-state index in [1.807, 2.05) is 38.2 Å². The van der Waals surface area contributed by atoms with Crippen molar-refractivity contribution in [3.63, 3.8) is 0 Å². The second kappa shape index (κ2) is 13.3. The molecule has 1 atom stereocenters. The van der Waals surface area contributed by atoms with Gasteiger partial charge in [-0.15, -0.1) is 0 Å². The lowest BCUT2D eigenvalue weighted by Gasteiger charge is -2.32. The Labute approximate surface area is 253 Å². The van der Waals surface area contributed by atoms with E-state index in [9.17, 15) is 4.79 Å². The molecule has 3 aliphatic heterocycles. The average Bonchev–Trinajstić information content (AvgIpc) is 3.49. The van der Waals surface area contributed by atoms with Crippen LogP contribution in [0.3, 0.4) is 0 Å². The first-order valence-corrected chi connectivity index (χ1v) is 15.3. The molecule has 0 amide bonds. The summed E-state index contributed by atoms with van der Waals surface area (Å²) in [6.45, 7) is 9.13. The topological polar surface area (TPSA) is 102 Å². The second-order valence-electron chi connectivity index (χ2n) is 11.7. The van der Waals surface area contributed by atoms with E-state index in [4.69, 9.17) is 18.9 Å². The Morgan fingerprint density at radius 2 is 1.88 bits per heavy atom. The lowest BCUT2D eigenvalue weighted by molar-refractivity contribution is -0.123. The van der Waals surface area contributed by atoms with E-state index in [0.29, 0.717) is 55.0 Å². The minimum absolute atomic E-state index is 0.149. The number of anilines is 2. The smallest absolute Gasteiger partial charge is 0.231 e. The molecule has 1 saturated heterocycles. The Bertz CT molecular complexity index is 1440. The number of piperazine rings is 1. The van der Waals surface area contributed by atoms with E-state index in [1.54, 1.807) is 6.33 Å². The fourth-order valence-corrected chi connectivity index (χ4v) is 5.78. The van der Waals surface area contributed by atoms with Gasteiger partial charge in [0.05, 0.1) is 30.5 Å². The van der Waals surface area contributed by atoms with Gasteiger partial charge in [-0.05, 0) is 58.0 Å². The van der Waals surface area contributed by atoms with Crippen molar-refractivity contribution < 1.29 is 23.7 Å². The number of fused-ring (bicyclic) bond motifs is 4. The number of carbonyl (C=O) groups is 1. The summed E-state index contributed by atoms with van der Waals surface area (Å²) in [5.74, 6) is 3.46. The van der Waals surface area contributed by atoms with Gasteiger partial charge in [-0.2, -0.15) is 0 Å². The van der Waals surface area contributed by atoms with Crippen LogP contribution in [0.15, 0.2) is 30.6 Å². The first-order chi connectivity index (χ1) is 21.0. The molecule has 0 saturated carbocycles. The number of nitrogens with zero attached hydrogens (tertiary/aromatic N) is 5. The highest BCUT2D eigenvalue weighted by atomic mass is 16.7. The molecule has 0 unspecified atom stereocenters. The number of hydrogen-bond donors (Lipinski definition) is 1. The van der Waals surface area contributed by atoms with Crippen LogP contribution in [0.1, 0.15) is 38.2 Å². The third-order valence-corrected chi connectivity index (χ3v) is 8.66. The molecule has 1 aromatic heterocycles. The molecule has 43 heavy (non-hydrogen) atoms. The zero-order chi connectivity index (χ0) is 29.8. The molecular formula is C32H42N6O5. The maximum Gasteiger partial charge on any atom is 0.231 e. The van der Waals surface area contributed by atoms with E-state index in [-0.39, 0.29) is 18.6 Å². The van der Waals surface area contributed by atoms with Crippen LogP contribution in [0.25, 0.3) is 10.9 Å². The van der Waals surface area contributed by atoms with Crippen LogP contribution < -0.4 is 24.3 Å². The normalized spacial score (nSPS) is 20.5. The van der Waals surface area contributed by atoms with Crippen molar-refractivity contribution in [2.75, 3.05) is 72.1 Å². The highest BCUT2D eigenvalue weighted by molar-refractivity contribution is 5.94. The van der Waals surface area contributed by atoms with E-state index in [2.05, 4.69) is 37.0 Å². The summed E-state index contributed by atoms with van der Waals surface area (Å²) in [7, 11) is 4.15. The van der Waals surface area contributed by atoms with Crippen molar-refractivity contribution in [2.45, 2.75) is 45.2 Å². The van der Waals surface area contributed by atoms with Gasteiger partial charge in [0.1, 0.15) is 17.9 Å². The van der Waals surface area contributed by atoms with Crippen LogP contribution in [0, 0.1) is 0 Å². The van der Waals surface area contributed by atoms with Crippen LogP contribution in [0.2, 0.25) is 0 Å². The van der Waals surface area contributed by atoms with Crippen LogP contribution in [0.4, 0.5) is 11.5 Å². The number of hydrogen-bond acceptors (Lipinski definition) is 11. The molecule has 1 N–H and O–H groups in total. The van der Waals surface area contributed by atoms with Gasteiger partial charge in [0.25, 0.3) is 0 Å². The van der Waals surface area contributed by atoms with E-state index in [0.717, 1.165) is 74.1 Å². The summed E-state index contributed by atoms with van der Waals surface area (Å²) in [6.07, 6.45) is 4.51. The van der Waals surface area contributed by atoms with Gasteiger partial charge in [-0.25, -0.2) is 9.97 Å². The number of Topliss-reactive ketones (excluding diaryl/α,β-unsaturated/α-hetero) is 1. The first-order valence-electron chi connectivity index (χ1n) is 15.3. The Morgan fingerprint density at radius 1 is 1.02 bits per heavy atom.